The van der Waals surface area contributed by atoms with Gasteiger partial charge in [0.15, 0.2) is 6.61 Å². The van der Waals surface area contributed by atoms with E-state index in [-0.39, 0.29) is 18.4 Å². The van der Waals surface area contributed by atoms with Gasteiger partial charge in [0.1, 0.15) is 11.6 Å². The van der Waals surface area contributed by atoms with Gasteiger partial charge in [-0.05, 0) is 49.1 Å². The third kappa shape index (κ3) is 3.97. The molecular formula is C22H25N3O2. The molecule has 1 aliphatic heterocycles. The molecule has 1 amide bonds. The number of nitrogens with zero attached hydrogens (tertiary/aromatic N) is 2. The van der Waals surface area contributed by atoms with Gasteiger partial charge in [-0.25, -0.2) is 4.98 Å². The van der Waals surface area contributed by atoms with Crippen molar-refractivity contribution in [2.45, 2.75) is 32.1 Å². The zero-order valence-corrected chi connectivity index (χ0v) is 15.6. The van der Waals surface area contributed by atoms with E-state index in [2.05, 4.69) is 11.9 Å². The molecular weight excluding hydrogens is 338 g/mol. The quantitative estimate of drug-likeness (QED) is 0.748. The number of likely N-dealkylation sites (tertiary alicyclic amines) is 1. The fraction of sp³-hybridized carbons (Fsp3) is 0.364. The minimum atomic E-state index is 0.0374. The Balaban J connectivity index is 1.37. The van der Waals surface area contributed by atoms with Crippen molar-refractivity contribution in [2.75, 3.05) is 19.7 Å². The average Bonchev–Trinajstić information content (AvgIpc) is 3.17. The van der Waals surface area contributed by atoms with Crippen LogP contribution in [0.25, 0.3) is 11.0 Å². The highest BCUT2D eigenvalue weighted by Crippen LogP contribution is 2.27. The van der Waals surface area contributed by atoms with Crippen LogP contribution in [0.4, 0.5) is 0 Å². The number of aromatic amines is 1. The van der Waals surface area contributed by atoms with Crippen molar-refractivity contribution in [3.8, 4) is 5.75 Å². The molecule has 1 atom stereocenters. The van der Waals surface area contributed by atoms with Gasteiger partial charge in [0.05, 0.1) is 11.0 Å². The van der Waals surface area contributed by atoms with Gasteiger partial charge in [-0.2, -0.15) is 0 Å². The lowest BCUT2D eigenvalue weighted by Crippen LogP contribution is -2.41. The van der Waals surface area contributed by atoms with Crippen molar-refractivity contribution in [1.82, 2.24) is 14.9 Å². The maximum atomic E-state index is 12.6. The van der Waals surface area contributed by atoms with E-state index in [1.807, 2.05) is 53.4 Å². The molecule has 140 valence electrons. The number of piperidine rings is 1. The molecule has 0 aliphatic carbocycles. The first-order valence-corrected chi connectivity index (χ1v) is 9.67. The molecule has 4 rings (SSSR count). The minimum Gasteiger partial charge on any atom is -0.484 e. The predicted octanol–water partition coefficient (Wildman–Crippen LogP) is 3.91. The number of H-pyrrole nitrogens is 1. The Morgan fingerprint density at radius 3 is 2.81 bits per heavy atom. The number of amides is 1. The Kier molecular flexibility index (Phi) is 5.10. The van der Waals surface area contributed by atoms with E-state index < -0.39 is 0 Å². The summed E-state index contributed by atoms with van der Waals surface area (Å²) in [6.45, 7) is 3.68. The molecule has 3 aromatic rings. The highest BCUT2D eigenvalue weighted by atomic mass is 16.5. The van der Waals surface area contributed by atoms with E-state index in [4.69, 9.17) is 9.72 Å². The van der Waals surface area contributed by atoms with Gasteiger partial charge in [-0.3, -0.25) is 4.79 Å². The summed E-state index contributed by atoms with van der Waals surface area (Å²) in [5, 5.41) is 0. The number of ether oxygens (including phenoxy) is 1. The van der Waals surface area contributed by atoms with Crippen molar-refractivity contribution in [2.24, 2.45) is 0 Å². The van der Waals surface area contributed by atoms with Crippen LogP contribution in [0.1, 0.15) is 37.1 Å². The number of rotatable bonds is 5. The second-order valence-corrected chi connectivity index (χ2v) is 7.10. The highest BCUT2D eigenvalue weighted by Gasteiger charge is 2.27. The van der Waals surface area contributed by atoms with Crippen molar-refractivity contribution in [1.29, 1.82) is 0 Å². The lowest BCUT2D eigenvalue weighted by Gasteiger charge is -2.31. The van der Waals surface area contributed by atoms with Crippen LogP contribution in [0.3, 0.4) is 0 Å². The van der Waals surface area contributed by atoms with Crippen LogP contribution in [-0.4, -0.2) is 40.5 Å². The molecule has 2 aromatic carbocycles. The first-order chi connectivity index (χ1) is 13.2. The number of fused-ring (bicyclic) bond motifs is 1. The first-order valence-electron chi connectivity index (χ1n) is 9.67. The van der Waals surface area contributed by atoms with Crippen LogP contribution >= 0.6 is 0 Å². The SMILES string of the molecule is CCc1ccc(OCC(=O)N2CCC[C@@H](c3nc4ccccc4[nH]3)C2)cc1. The first kappa shape index (κ1) is 17.6. The van der Waals surface area contributed by atoms with Crippen molar-refractivity contribution in [3.05, 3.63) is 59.9 Å². The molecule has 2 heterocycles. The van der Waals surface area contributed by atoms with Crippen LogP contribution in [-0.2, 0) is 11.2 Å². The monoisotopic (exact) mass is 363 g/mol. The zero-order chi connectivity index (χ0) is 18.6. The topological polar surface area (TPSA) is 58.2 Å². The van der Waals surface area contributed by atoms with Gasteiger partial charge in [0.25, 0.3) is 5.91 Å². The van der Waals surface area contributed by atoms with E-state index in [0.717, 1.165) is 48.4 Å². The Morgan fingerprint density at radius 1 is 1.22 bits per heavy atom. The molecule has 5 heteroatoms. The van der Waals surface area contributed by atoms with Crippen molar-refractivity contribution < 1.29 is 9.53 Å². The number of nitrogens with one attached hydrogen (secondary N) is 1. The molecule has 1 fully saturated rings. The van der Waals surface area contributed by atoms with Crippen LogP contribution in [0, 0.1) is 0 Å². The normalized spacial score (nSPS) is 17.2. The number of hydrogen-bond donors (Lipinski definition) is 1. The highest BCUT2D eigenvalue weighted by molar-refractivity contribution is 5.78. The summed E-state index contributed by atoms with van der Waals surface area (Å²) >= 11 is 0. The number of hydrogen-bond acceptors (Lipinski definition) is 3. The van der Waals surface area contributed by atoms with Crippen LogP contribution in [0.5, 0.6) is 5.75 Å². The van der Waals surface area contributed by atoms with E-state index >= 15 is 0 Å². The number of imidazole rings is 1. The molecule has 27 heavy (non-hydrogen) atoms. The number of aromatic nitrogens is 2. The van der Waals surface area contributed by atoms with Crippen LogP contribution in [0.15, 0.2) is 48.5 Å². The van der Waals surface area contributed by atoms with E-state index in [0.29, 0.717) is 6.54 Å². The Labute approximate surface area is 159 Å². The van der Waals surface area contributed by atoms with E-state index in [9.17, 15) is 4.79 Å². The van der Waals surface area contributed by atoms with Gasteiger partial charge in [0.2, 0.25) is 0 Å². The second kappa shape index (κ2) is 7.82. The molecule has 1 aliphatic rings. The van der Waals surface area contributed by atoms with Gasteiger partial charge >= 0.3 is 0 Å². The fourth-order valence-electron chi connectivity index (χ4n) is 3.65. The molecule has 0 bridgehead atoms. The van der Waals surface area contributed by atoms with E-state index in [1.54, 1.807) is 0 Å². The number of benzene rings is 2. The van der Waals surface area contributed by atoms with E-state index in [1.165, 1.54) is 5.56 Å². The summed E-state index contributed by atoms with van der Waals surface area (Å²) in [6.07, 6.45) is 3.03. The summed E-state index contributed by atoms with van der Waals surface area (Å²) in [7, 11) is 0. The van der Waals surface area contributed by atoms with Gasteiger partial charge in [-0.1, -0.05) is 31.2 Å². The number of carbonyl (C=O) groups is 1. The molecule has 1 N–H and O–H groups in total. The van der Waals surface area contributed by atoms with Gasteiger partial charge in [-0.15, -0.1) is 0 Å². The van der Waals surface area contributed by atoms with Gasteiger partial charge < -0.3 is 14.6 Å². The third-order valence-electron chi connectivity index (χ3n) is 5.26. The second-order valence-electron chi connectivity index (χ2n) is 7.10. The molecule has 0 unspecified atom stereocenters. The summed E-state index contributed by atoms with van der Waals surface area (Å²) < 4.78 is 5.69. The third-order valence-corrected chi connectivity index (χ3v) is 5.26. The van der Waals surface area contributed by atoms with Crippen molar-refractivity contribution >= 4 is 16.9 Å². The maximum absolute atomic E-state index is 12.6. The lowest BCUT2D eigenvalue weighted by atomic mass is 9.97. The van der Waals surface area contributed by atoms with Gasteiger partial charge in [0, 0.05) is 19.0 Å². The molecule has 0 saturated carbocycles. The minimum absolute atomic E-state index is 0.0374. The number of para-hydroxylation sites is 2. The molecule has 0 spiro atoms. The Hall–Kier alpha value is -2.82. The molecule has 1 saturated heterocycles. The smallest absolute Gasteiger partial charge is 0.260 e. The summed E-state index contributed by atoms with van der Waals surface area (Å²) in [4.78, 5) is 22.6. The Morgan fingerprint density at radius 2 is 2.04 bits per heavy atom. The average molecular weight is 363 g/mol. The lowest BCUT2D eigenvalue weighted by molar-refractivity contribution is -0.134. The van der Waals surface area contributed by atoms with Crippen molar-refractivity contribution in [3.63, 3.8) is 0 Å². The number of aryl methyl sites for hydroxylation is 1. The van der Waals surface area contributed by atoms with Crippen LogP contribution < -0.4 is 4.74 Å². The summed E-state index contributed by atoms with van der Waals surface area (Å²) in [5.74, 6) is 2.01. The molecule has 0 radical (unpaired) electrons. The maximum Gasteiger partial charge on any atom is 0.260 e. The Bertz CT molecular complexity index is 884. The standard InChI is InChI=1S/C22H25N3O2/c1-2-16-9-11-18(12-10-16)27-15-21(26)25-13-5-6-17(14-25)22-23-19-7-3-4-8-20(19)24-22/h3-4,7-12,17H,2,5-6,13-15H2,1H3,(H,23,24)/t17-/m1/s1. The molecule has 1 aromatic heterocycles. The number of carbonyl (C=O) groups excluding carboxylic acids is 1. The van der Waals surface area contributed by atoms with Crippen LogP contribution in [0.2, 0.25) is 0 Å². The largest absolute Gasteiger partial charge is 0.484 e. The summed E-state index contributed by atoms with van der Waals surface area (Å²) in [5.41, 5.74) is 3.29. The zero-order valence-electron chi connectivity index (χ0n) is 15.6. The summed E-state index contributed by atoms with van der Waals surface area (Å²) in [6, 6.07) is 16.0. The fourth-order valence-corrected chi connectivity index (χ4v) is 3.65. The molecule has 5 nitrogen and oxygen atoms in total. The predicted molar refractivity (Wildman–Crippen MR) is 106 cm³/mol.